The molecule has 0 saturated heterocycles. The maximum Gasteiger partial charge on any atom is 0.288 e. The summed E-state index contributed by atoms with van der Waals surface area (Å²) in [5.41, 5.74) is 8.15. The second kappa shape index (κ2) is 8.01. The smallest absolute Gasteiger partial charge is 0.288 e. The van der Waals surface area contributed by atoms with Crippen LogP contribution in [-0.2, 0) is 0 Å². The van der Waals surface area contributed by atoms with Crippen LogP contribution in [0.2, 0.25) is 5.02 Å². The van der Waals surface area contributed by atoms with Crippen molar-refractivity contribution in [1.82, 2.24) is 10.2 Å². The van der Waals surface area contributed by atoms with Gasteiger partial charge in [-0.1, -0.05) is 29.8 Å². The quantitative estimate of drug-likeness (QED) is 0.448. The predicted molar refractivity (Wildman–Crippen MR) is 113 cm³/mol. The third-order valence-electron chi connectivity index (χ3n) is 4.87. The normalized spacial score (nSPS) is 15.1. The first-order chi connectivity index (χ1) is 14.9. The first-order valence-corrected chi connectivity index (χ1v) is 9.65. The maximum atomic E-state index is 11.4. The number of H-pyrrole nitrogens is 1. The van der Waals surface area contributed by atoms with E-state index in [0.29, 0.717) is 29.2 Å². The van der Waals surface area contributed by atoms with Crippen LogP contribution in [0.25, 0.3) is 11.3 Å². The van der Waals surface area contributed by atoms with Gasteiger partial charge in [-0.15, -0.1) is 5.10 Å². The number of fused-ring (bicyclic) bond motifs is 1. The molecule has 0 aliphatic carbocycles. The van der Waals surface area contributed by atoms with E-state index in [0.717, 1.165) is 5.56 Å². The van der Waals surface area contributed by atoms with Crippen molar-refractivity contribution in [2.45, 2.75) is 12.8 Å². The molecule has 9 nitrogen and oxygen atoms in total. The van der Waals surface area contributed by atoms with E-state index in [1.165, 1.54) is 12.1 Å². The van der Waals surface area contributed by atoms with E-state index in [1.54, 1.807) is 6.07 Å². The van der Waals surface area contributed by atoms with Gasteiger partial charge in [-0.25, -0.2) is 0 Å². The van der Waals surface area contributed by atoms with Gasteiger partial charge in [0.2, 0.25) is 11.8 Å². The molecule has 3 aromatic rings. The number of aromatic nitrogens is 2. The van der Waals surface area contributed by atoms with Crippen LogP contribution in [0, 0.1) is 21.4 Å². The highest BCUT2D eigenvalue weighted by molar-refractivity contribution is 6.32. The Morgan fingerprint density at radius 3 is 2.90 bits per heavy atom. The van der Waals surface area contributed by atoms with Crippen molar-refractivity contribution in [2.75, 3.05) is 6.61 Å². The SMILES string of the molecule is CCOc1cccc(-c2[nH]nc3c2C(c2ccc(Cl)c([N+](=O)[O-])c2)C(C#N)=C(N)O3)c1. The summed E-state index contributed by atoms with van der Waals surface area (Å²) < 4.78 is 11.1. The van der Waals surface area contributed by atoms with Gasteiger partial charge < -0.3 is 15.2 Å². The van der Waals surface area contributed by atoms with Crippen molar-refractivity contribution in [3.05, 3.63) is 80.2 Å². The molecule has 4 rings (SSSR count). The van der Waals surface area contributed by atoms with Gasteiger partial charge in [0.05, 0.1) is 28.7 Å². The van der Waals surface area contributed by atoms with Crippen LogP contribution < -0.4 is 15.2 Å². The van der Waals surface area contributed by atoms with Crippen molar-refractivity contribution in [3.63, 3.8) is 0 Å². The van der Waals surface area contributed by atoms with E-state index in [1.807, 2.05) is 31.2 Å². The van der Waals surface area contributed by atoms with Crippen molar-refractivity contribution >= 4 is 17.3 Å². The number of hydrogen-bond acceptors (Lipinski definition) is 7. The third-order valence-corrected chi connectivity index (χ3v) is 5.19. The number of nitriles is 1. The van der Waals surface area contributed by atoms with Crippen LogP contribution in [0.3, 0.4) is 0 Å². The lowest BCUT2D eigenvalue weighted by molar-refractivity contribution is -0.384. The molecule has 31 heavy (non-hydrogen) atoms. The van der Waals surface area contributed by atoms with Crippen LogP contribution in [0.4, 0.5) is 5.69 Å². The third kappa shape index (κ3) is 3.53. The average molecular weight is 438 g/mol. The molecule has 1 aliphatic rings. The van der Waals surface area contributed by atoms with Crippen molar-refractivity contribution in [1.29, 1.82) is 5.26 Å². The minimum atomic E-state index is -0.741. The molecule has 0 radical (unpaired) electrons. The van der Waals surface area contributed by atoms with Crippen molar-refractivity contribution < 1.29 is 14.4 Å². The number of nitrogens with two attached hydrogens (primary N) is 1. The lowest BCUT2D eigenvalue weighted by Gasteiger charge is -2.24. The number of nitrogens with one attached hydrogen (secondary N) is 1. The summed E-state index contributed by atoms with van der Waals surface area (Å²) in [7, 11) is 0. The van der Waals surface area contributed by atoms with Crippen LogP contribution >= 0.6 is 11.6 Å². The van der Waals surface area contributed by atoms with E-state index >= 15 is 0 Å². The van der Waals surface area contributed by atoms with Crippen molar-refractivity contribution in [2.24, 2.45) is 5.73 Å². The second-order valence-corrected chi connectivity index (χ2v) is 7.08. The van der Waals surface area contributed by atoms with Gasteiger partial charge in [0, 0.05) is 11.6 Å². The number of benzene rings is 2. The number of rotatable bonds is 5. The van der Waals surface area contributed by atoms with Crippen LogP contribution in [0.5, 0.6) is 11.6 Å². The molecule has 156 valence electrons. The Labute approximate surface area is 181 Å². The number of nitrogens with zero attached hydrogens (tertiary/aromatic N) is 3. The molecule has 0 fully saturated rings. The monoisotopic (exact) mass is 437 g/mol. The molecule has 1 aromatic heterocycles. The van der Waals surface area contributed by atoms with Crippen molar-refractivity contribution in [3.8, 4) is 29.0 Å². The summed E-state index contributed by atoms with van der Waals surface area (Å²) in [5, 5.41) is 28.3. The molecule has 1 unspecified atom stereocenters. The minimum Gasteiger partial charge on any atom is -0.494 e. The Kier molecular flexibility index (Phi) is 5.23. The summed E-state index contributed by atoms with van der Waals surface area (Å²) in [6.45, 7) is 2.39. The Balaban J connectivity index is 1.93. The summed E-state index contributed by atoms with van der Waals surface area (Å²) in [4.78, 5) is 10.8. The number of halogens is 1. The fourth-order valence-electron chi connectivity index (χ4n) is 3.56. The number of allylic oxidation sites excluding steroid dienone is 1. The van der Waals surface area contributed by atoms with Gasteiger partial charge in [-0.05, 0) is 30.7 Å². The molecule has 0 bridgehead atoms. The van der Waals surface area contributed by atoms with Crippen LogP contribution in [-0.4, -0.2) is 21.7 Å². The zero-order chi connectivity index (χ0) is 22.1. The lowest BCUT2D eigenvalue weighted by atomic mass is 9.83. The Morgan fingerprint density at radius 2 is 2.19 bits per heavy atom. The van der Waals surface area contributed by atoms with Crippen LogP contribution in [0.1, 0.15) is 24.0 Å². The molecule has 2 heterocycles. The summed E-state index contributed by atoms with van der Waals surface area (Å²) in [6, 6.07) is 13.8. The standard InChI is InChI=1S/C21H16ClN5O4/c1-2-30-13-5-3-4-12(8-13)19-18-17(11-6-7-15(22)16(9-11)27(28)29)14(10-23)20(24)31-21(18)26-25-19/h3-9,17H,2,24H2,1H3,(H,25,26). The fraction of sp³-hybridized carbons (Fsp3) is 0.143. The maximum absolute atomic E-state index is 11.4. The van der Waals surface area contributed by atoms with E-state index in [9.17, 15) is 15.4 Å². The summed E-state index contributed by atoms with van der Waals surface area (Å²) >= 11 is 5.98. The highest BCUT2D eigenvalue weighted by Gasteiger charge is 2.36. The molecule has 10 heteroatoms. The topological polar surface area (TPSA) is 140 Å². The molecule has 1 aliphatic heterocycles. The largest absolute Gasteiger partial charge is 0.494 e. The first kappa shape index (κ1) is 20.3. The molecule has 0 spiro atoms. The molecule has 0 amide bonds. The summed E-state index contributed by atoms with van der Waals surface area (Å²) in [6.07, 6.45) is 0. The van der Waals surface area contributed by atoms with E-state index in [2.05, 4.69) is 16.3 Å². The lowest BCUT2D eigenvalue weighted by Crippen LogP contribution is -2.21. The number of nitro benzene ring substituents is 1. The minimum absolute atomic E-state index is 0.00618. The molecular weight excluding hydrogens is 422 g/mol. The first-order valence-electron chi connectivity index (χ1n) is 9.27. The zero-order valence-corrected chi connectivity index (χ0v) is 17.0. The molecule has 3 N–H and O–H groups in total. The summed E-state index contributed by atoms with van der Waals surface area (Å²) in [5.74, 6) is -0.00169. The molecule has 1 atom stereocenters. The Morgan fingerprint density at radius 1 is 1.39 bits per heavy atom. The zero-order valence-electron chi connectivity index (χ0n) is 16.3. The van der Waals surface area contributed by atoms with Gasteiger partial charge in [0.15, 0.2) is 0 Å². The van der Waals surface area contributed by atoms with Crippen LogP contribution in [0.15, 0.2) is 53.9 Å². The van der Waals surface area contributed by atoms with Gasteiger partial charge in [0.1, 0.15) is 22.4 Å². The number of hydrogen-bond donors (Lipinski definition) is 2. The van der Waals surface area contributed by atoms with Gasteiger partial charge in [-0.2, -0.15) is 5.26 Å². The van der Waals surface area contributed by atoms with E-state index in [-0.39, 0.29) is 28.0 Å². The molecule has 2 aromatic carbocycles. The number of nitro groups is 1. The number of aromatic amines is 1. The Hall–Kier alpha value is -4.03. The van der Waals surface area contributed by atoms with Gasteiger partial charge in [-0.3, -0.25) is 15.2 Å². The highest BCUT2D eigenvalue weighted by atomic mass is 35.5. The van der Waals surface area contributed by atoms with Gasteiger partial charge in [0.25, 0.3) is 5.69 Å². The van der Waals surface area contributed by atoms with Gasteiger partial charge >= 0.3 is 0 Å². The predicted octanol–water partition coefficient (Wildman–Crippen LogP) is 4.26. The number of ether oxygens (including phenoxy) is 2. The van der Waals surface area contributed by atoms with E-state index < -0.39 is 10.8 Å². The molecular formula is C21H16ClN5O4. The average Bonchev–Trinajstić information content (AvgIpc) is 3.17. The highest BCUT2D eigenvalue weighted by Crippen LogP contribution is 2.46. The molecule has 0 saturated carbocycles. The van der Waals surface area contributed by atoms with E-state index in [4.69, 9.17) is 26.8 Å². The Bertz CT molecular complexity index is 1260. The second-order valence-electron chi connectivity index (χ2n) is 6.67. The fourth-order valence-corrected chi connectivity index (χ4v) is 3.74.